The third-order valence-corrected chi connectivity index (χ3v) is 8.75. The topological polar surface area (TPSA) is 95.6 Å². The zero-order valence-corrected chi connectivity index (χ0v) is 23.0. The van der Waals surface area contributed by atoms with Gasteiger partial charge in [0, 0.05) is 24.5 Å². The average molecular weight is 572 g/mol. The monoisotopic (exact) mass is 571 g/mol. The number of anilines is 1. The van der Waals surface area contributed by atoms with Crippen molar-refractivity contribution in [3.05, 3.63) is 94.8 Å². The lowest BCUT2D eigenvalue weighted by Crippen LogP contribution is -2.48. The zero-order chi connectivity index (χ0) is 27.8. The van der Waals surface area contributed by atoms with Crippen molar-refractivity contribution in [2.24, 2.45) is 0 Å². The largest absolute Gasteiger partial charge is 0.355 e. The van der Waals surface area contributed by atoms with Gasteiger partial charge in [0.2, 0.25) is 21.8 Å². The van der Waals surface area contributed by atoms with E-state index in [-0.39, 0.29) is 35.4 Å². The number of halogens is 2. The number of nitrogens with zero attached hydrogens (tertiary/aromatic N) is 1. The summed E-state index contributed by atoms with van der Waals surface area (Å²) in [6.07, 6.45) is 3.35. The van der Waals surface area contributed by atoms with Gasteiger partial charge in [-0.15, -0.1) is 0 Å². The highest BCUT2D eigenvalue weighted by Crippen LogP contribution is 2.27. The fourth-order valence-electron chi connectivity index (χ4n) is 4.55. The number of sulfonamides is 1. The molecule has 2 N–H and O–H groups in total. The van der Waals surface area contributed by atoms with Crippen molar-refractivity contribution in [3.8, 4) is 0 Å². The highest BCUT2D eigenvalue weighted by atomic mass is 35.5. The molecule has 1 aliphatic heterocycles. The van der Waals surface area contributed by atoms with Crippen molar-refractivity contribution < 1.29 is 22.4 Å². The molecule has 7 nitrogen and oxygen atoms in total. The summed E-state index contributed by atoms with van der Waals surface area (Å²) in [5.41, 5.74) is 1.49. The van der Waals surface area contributed by atoms with Crippen LogP contribution in [0.15, 0.2) is 77.7 Å². The Hall–Kier alpha value is -3.27. The van der Waals surface area contributed by atoms with E-state index in [2.05, 4.69) is 10.6 Å². The second-order valence-electron chi connectivity index (χ2n) is 9.51. The maximum Gasteiger partial charge on any atom is 0.244 e. The van der Waals surface area contributed by atoms with Gasteiger partial charge in [0.15, 0.2) is 0 Å². The third kappa shape index (κ3) is 7.65. The third-order valence-electron chi connectivity index (χ3n) is 6.63. The first-order valence-electron chi connectivity index (χ1n) is 12.9. The molecule has 1 saturated heterocycles. The summed E-state index contributed by atoms with van der Waals surface area (Å²) in [6.45, 7) is 0.254. The van der Waals surface area contributed by atoms with E-state index in [0.29, 0.717) is 36.4 Å². The molecule has 206 valence electrons. The Kier molecular flexibility index (Phi) is 9.72. The van der Waals surface area contributed by atoms with Gasteiger partial charge in [-0.2, -0.15) is 4.31 Å². The average Bonchev–Trinajstić information content (AvgIpc) is 3.13. The molecular weight excluding hydrogens is 541 g/mol. The molecule has 10 heteroatoms. The van der Waals surface area contributed by atoms with Gasteiger partial charge < -0.3 is 10.6 Å². The fourth-order valence-corrected chi connectivity index (χ4v) is 6.28. The summed E-state index contributed by atoms with van der Waals surface area (Å²) >= 11 is 5.94. The molecule has 4 rings (SSSR count). The molecule has 1 heterocycles. The predicted octanol–water partition coefficient (Wildman–Crippen LogP) is 5.30. The number of nitrogens with one attached hydrogen (secondary N) is 2. The summed E-state index contributed by atoms with van der Waals surface area (Å²) in [5.74, 6) is -1.37. The van der Waals surface area contributed by atoms with Crippen LogP contribution in [0.1, 0.15) is 43.2 Å². The number of hydrogen-bond donors (Lipinski definition) is 2. The minimum absolute atomic E-state index is 0.0104. The quantitative estimate of drug-likeness (QED) is 0.345. The number of aryl methyl sites for hydroxylation is 1. The number of rotatable bonds is 10. The van der Waals surface area contributed by atoms with Crippen molar-refractivity contribution in [2.45, 2.75) is 56.0 Å². The molecular formula is C29H31ClFN3O4S. The minimum Gasteiger partial charge on any atom is -0.355 e. The molecule has 0 unspecified atom stereocenters. The van der Waals surface area contributed by atoms with Crippen LogP contribution < -0.4 is 10.6 Å². The van der Waals surface area contributed by atoms with E-state index in [1.807, 2.05) is 30.3 Å². The molecule has 1 aliphatic rings. The van der Waals surface area contributed by atoms with Crippen LogP contribution in [0, 0.1) is 5.82 Å². The van der Waals surface area contributed by atoms with Crippen molar-refractivity contribution in [1.82, 2.24) is 9.62 Å². The molecule has 3 aromatic rings. The number of benzene rings is 3. The van der Waals surface area contributed by atoms with Gasteiger partial charge in [-0.05, 0) is 79.6 Å². The van der Waals surface area contributed by atoms with E-state index in [9.17, 15) is 18.0 Å². The van der Waals surface area contributed by atoms with Crippen LogP contribution in [0.5, 0.6) is 0 Å². The normalized spacial score (nSPS) is 16.0. The lowest BCUT2D eigenvalue weighted by atomic mass is 10.1. The highest BCUT2D eigenvalue weighted by Gasteiger charge is 2.36. The molecule has 0 aliphatic carbocycles. The first-order valence-corrected chi connectivity index (χ1v) is 14.7. The van der Waals surface area contributed by atoms with Crippen LogP contribution in [0.3, 0.4) is 0 Å². The van der Waals surface area contributed by atoms with Crippen LogP contribution in [-0.4, -0.2) is 37.1 Å². The first kappa shape index (κ1) is 28.7. The molecule has 2 amide bonds. The van der Waals surface area contributed by atoms with Gasteiger partial charge >= 0.3 is 0 Å². The maximum atomic E-state index is 15.0. The minimum atomic E-state index is -4.12. The van der Waals surface area contributed by atoms with Crippen molar-refractivity contribution in [3.63, 3.8) is 0 Å². The zero-order valence-electron chi connectivity index (χ0n) is 21.4. The van der Waals surface area contributed by atoms with Gasteiger partial charge in [-0.25, -0.2) is 12.8 Å². The second kappa shape index (κ2) is 13.2. The summed E-state index contributed by atoms with van der Waals surface area (Å²) < 4.78 is 43.5. The number of amides is 2. The van der Waals surface area contributed by atoms with Crippen molar-refractivity contribution >= 4 is 39.1 Å². The van der Waals surface area contributed by atoms with E-state index in [4.69, 9.17) is 11.6 Å². The van der Waals surface area contributed by atoms with Crippen LogP contribution in [0.25, 0.3) is 0 Å². The lowest BCUT2D eigenvalue weighted by molar-refractivity contribution is -0.124. The SMILES string of the molecule is O=C(CCCc1ccccc1)Nc1ccc(CN([C@@H]2CCCCNC2=O)S(=O)(=O)c2ccc(Cl)cc2)cc1F. The maximum absolute atomic E-state index is 15.0. The number of carbonyl (C=O) groups excluding carboxylic acids is 2. The Morgan fingerprint density at radius 1 is 1.03 bits per heavy atom. The van der Waals surface area contributed by atoms with Crippen LogP contribution in [0.2, 0.25) is 5.02 Å². The Bertz CT molecular complexity index is 1400. The predicted molar refractivity (Wildman–Crippen MR) is 149 cm³/mol. The summed E-state index contributed by atoms with van der Waals surface area (Å²) in [7, 11) is -4.12. The molecule has 0 aromatic heterocycles. The van der Waals surface area contributed by atoms with Crippen molar-refractivity contribution in [1.29, 1.82) is 0 Å². The van der Waals surface area contributed by atoms with Gasteiger partial charge in [0.1, 0.15) is 11.9 Å². The lowest BCUT2D eigenvalue weighted by Gasteiger charge is -2.29. The molecule has 0 spiro atoms. The molecule has 0 radical (unpaired) electrons. The Morgan fingerprint density at radius 3 is 2.49 bits per heavy atom. The standard InChI is InChI=1S/C29H31ClFN3O4S/c30-23-13-15-24(16-14-23)39(37,38)34(27-10-4-5-18-32-29(27)36)20-22-12-17-26(25(31)19-22)33-28(35)11-6-9-21-7-2-1-3-8-21/h1-3,7-8,12-17,19,27H,4-6,9-11,18,20H2,(H,32,36)(H,33,35)/t27-/m1/s1. The Balaban J connectivity index is 1.49. The Labute approximate surface area is 233 Å². The van der Waals surface area contributed by atoms with Gasteiger partial charge in [-0.1, -0.05) is 48.0 Å². The highest BCUT2D eigenvalue weighted by molar-refractivity contribution is 7.89. The first-order chi connectivity index (χ1) is 18.7. The molecule has 3 aromatic carbocycles. The molecule has 1 atom stereocenters. The van der Waals surface area contributed by atoms with E-state index in [1.165, 1.54) is 36.4 Å². The second-order valence-corrected chi connectivity index (χ2v) is 11.8. The van der Waals surface area contributed by atoms with Gasteiger partial charge in [0.25, 0.3) is 0 Å². The van der Waals surface area contributed by atoms with Gasteiger partial charge in [0.05, 0.1) is 10.6 Å². The van der Waals surface area contributed by atoms with E-state index >= 15 is 4.39 Å². The molecule has 1 fully saturated rings. The number of carbonyl (C=O) groups is 2. The molecule has 0 saturated carbocycles. The summed E-state index contributed by atoms with van der Waals surface area (Å²) in [6, 6.07) is 18.7. The smallest absolute Gasteiger partial charge is 0.244 e. The van der Waals surface area contributed by atoms with E-state index < -0.39 is 21.9 Å². The number of hydrogen-bond acceptors (Lipinski definition) is 4. The fraction of sp³-hybridized carbons (Fsp3) is 0.310. The van der Waals surface area contributed by atoms with Gasteiger partial charge in [-0.3, -0.25) is 9.59 Å². The van der Waals surface area contributed by atoms with Crippen LogP contribution in [0.4, 0.5) is 10.1 Å². The molecule has 0 bridgehead atoms. The van der Waals surface area contributed by atoms with Crippen molar-refractivity contribution in [2.75, 3.05) is 11.9 Å². The van der Waals surface area contributed by atoms with Crippen LogP contribution >= 0.6 is 11.6 Å². The summed E-state index contributed by atoms with van der Waals surface area (Å²) in [5, 5.41) is 5.75. The molecule has 39 heavy (non-hydrogen) atoms. The van der Waals surface area contributed by atoms with E-state index in [1.54, 1.807) is 6.07 Å². The Morgan fingerprint density at radius 2 is 1.77 bits per heavy atom. The summed E-state index contributed by atoms with van der Waals surface area (Å²) in [4.78, 5) is 25.2. The van der Waals surface area contributed by atoms with Crippen LogP contribution in [-0.2, 0) is 32.6 Å². The van der Waals surface area contributed by atoms with E-state index in [0.717, 1.165) is 22.7 Å².